The van der Waals surface area contributed by atoms with Crippen molar-refractivity contribution in [1.29, 1.82) is 0 Å². The van der Waals surface area contributed by atoms with Crippen LogP contribution in [0.25, 0.3) is 0 Å². The quantitative estimate of drug-likeness (QED) is 0.333. The molecule has 0 fully saturated rings. The van der Waals surface area contributed by atoms with Gasteiger partial charge in [-0.05, 0) is 24.3 Å². The number of hydrogen-bond acceptors (Lipinski definition) is 8. The first-order valence-corrected chi connectivity index (χ1v) is 12.3. The first-order valence-electron chi connectivity index (χ1n) is 11.4. The summed E-state index contributed by atoms with van der Waals surface area (Å²) in [6.45, 7) is 3.50. The predicted molar refractivity (Wildman–Crippen MR) is 130 cm³/mol. The van der Waals surface area contributed by atoms with E-state index in [2.05, 4.69) is 37.8 Å². The summed E-state index contributed by atoms with van der Waals surface area (Å²) in [5.41, 5.74) is 1.32. The van der Waals surface area contributed by atoms with Crippen LogP contribution in [0.3, 0.4) is 0 Å². The fraction of sp³-hybridized carbons (Fsp3) is 0.348. The number of pyridine rings is 1. The lowest BCUT2D eigenvalue weighted by atomic mass is 10.3. The van der Waals surface area contributed by atoms with E-state index < -0.39 is 36.4 Å². The van der Waals surface area contributed by atoms with E-state index in [9.17, 15) is 39.5 Å². The minimum absolute atomic E-state index is 0.0906. The maximum absolute atomic E-state index is 10.6. The SMILES string of the molecule is O=C(O)C(F)(F)F.O=C(O)C(F)(F)F.O=C(O)C(F)(F)F.c1cncc(OC2CN(Cc3nccs3)Cc3cccn3C2)c1. The van der Waals surface area contributed by atoms with E-state index in [0.717, 1.165) is 36.9 Å². The summed E-state index contributed by atoms with van der Waals surface area (Å²) in [7, 11) is 0. The van der Waals surface area contributed by atoms with Gasteiger partial charge in [0.2, 0.25) is 0 Å². The van der Waals surface area contributed by atoms with Crippen LogP contribution in [0.4, 0.5) is 39.5 Å². The van der Waals surface area contributed by atoms with Crippen molar-refractivity contribution < 1.29 is 74.0 Å². The summed E-state index contributed by atoms with van der Waals surface area (Å²) in [6, 6.07) is 8.14. The number of fused-ring (bicyclic) bond motifs is 1. The minimum Gasteiger partial charge on any atom is -0.486 e. The van der Waals surface area contributed by atoms with Gasteiger partial charge in [-0.1, -0.05) is 0 Å². The molecule has 0 saturated carbocycles. The number of hydrogen-bond donors (Lipinski definition) is 3. The predicted octanol–water partition coefficient (Wildman–Crippen LogP) is 4.70. The second kappa shape index (κ2) is 16.4. The topological polar surface area (TPSA) is 155 Å². The van der Waals surface area contributed by atoms with Crippen molar-refractivity contribution in [2.75, 3.05) is 6.54 Å². The van der Waals surface area contributed by atoms with Gasteiger partial charge < -0.3 is 24.6 Å². The van der Waals surface area contributed by atoms with Crippen LogP contribution in [0, 0.1) is 0 Å². The highest BCUT2D eigenvalue weighted by Gasteiger charge is 2.39. The molecule has 1 atom stereocenters. The van der Waals surface area contributed by atoms with Crippen molar-refractivity contribution in [2.45, 2.75) is 44.3 Å². The Labute approximate surface area is 244 Å². The summed E-state index contributed by atoms with van der Waals surface area (Å²) >= 11 is 1.70. The molecule has 0 spiro atoms. The Morgan fingerprint density at radius 1 is 0.864 bits per heavy atom. The molecule has 3 aromatic rings. The number of ether oxygens (including phenoxy) is 1. The molecule has 4 rings (SSSR count). The van der Waals surface area contributed by atoms with Crippen molar-refractivity contribution in [3.63, 3.8) is 0 Å². The number of alkyl halides is 9. The van der Waals surface area contributed by atoms with Gasteiger partial charge in [0.15, 0.2) is 0 Å². The monoisotopic (exact) mass is 668 g/mol. The number of halogens is 9. The van der Waals surface area contributed by atoms with Crippen LogP contribution in [0.1, 0.15) is 10.7 Å². The first kappa shape index (κ1) is 37.6. The zero-order valence-electron chi connectivity index (χ0n) is 21.7. The largest absolute Gasteiger partial charge is 0.490 e. The number of thiazole rings is 1. The van der Waals surface area contributed by atoms with Crippen molar-refractivity contribution in [1.82, 2.24) is 19.4 Å². The van der Waals surface area contributed by atoms with E-state index in [-0.39, 0.29) is 6.10 Å². The average molecular weight is 668 g/mol. The molecular formula is C23H21F9N4O7S. The Kier molecular flexibility index (Phi) is 14.1. The van der Waals surface area contributed by atoms with E-state index in [1.165, 1.54) is 5.69 Å². The van der Waals surface area contributed by atoms with E-state index >= 15 is 0 Å². The number of carboxylic acid groups (broad SMARTS) is 3. The number of nitrogens with zero attached hydrogens (tertiary/aromatic N) is 4. The zero-order valence-corrected chi connectivity index (χ0v) is 22.5. The molecule has 3 N–H and O–H groups in total. The third kappa shape index (κ3) is 14.7. The van der Waals surface area contributed by atoms with Gasteiger partial charge in [-0.3, -0.25) is 9.88 Å². The van der Waals surface area contributed by atoms with Crippen molar-refractivity contribution >= 4 is 29.2 Å². The molecule has 244 valence electrons. The molecule has 0 amide bonds. The Bertz CT molecular complexity index is 1260. The van der Waals surface area contributed by atoms with Gasteiger partial charge in [0.1, 0.15) is 16.9 Å². The summed E-state index contributed by atoms with van der Waals surface area (Å²) in [4.78, 5) is 37.6. The van der Waals surface area contributed by atoms with Crippen LogP contribution in [0.2, 0.25) is 0 Å². The van der Waals surface area contributed by atoms with E-state index in [1.807, 2.05) is 23.7 Å². The molecule has 21 heteroatoms. The number of rotatable bonds is 4. The molecule has 1 unspecified atom stereocenters. The zero-order chi connectivity index (χ0) is 33.7. The summed E-state index contributed by atoms with van der Waals surface area (Å²) in [5.74, 6) is -7.45. The van der Waals surface area contributed by atoms with Crippen molar-refractivity contribution in [3.05, 3.63) is 65.1 Å². The second-order valence-corrected chi connectivity index (χ2v) is 9.06. The molecule has 3 aromatic heterocycles. The molecule has 0 aromatic carbocycles. The maximum atomic E-state index is 10.6. The van der Waals surface area contributed by atoms with Crippen LogP contribution in [-0.4, -0.2) is 83.8 Å². The fourth-order valence-corrected chi connectivity index (χ4v) is 3.61. The average Bonchev–Trinajstić information content (AvgIpc) is 3.53. The van der Waals surface area contributed by atoms with E-state index in [1.54, 1.807) is 23.7 Å². The third-order valence-corrected chi connectivity index (χ3v) is 5.44. The Morgan fingerprint density at radius 2 is 1.41 bits per heavy atom. The third-order valence-electron chi connectivity index (χ3n) is 4.68. The number of carbonyl (C=O) groups is 3. The molecule has 0 aliphatic carbocycles. The molecule has 4 heterocycles. The number of aliphatic carboxylic acids is 3. The van der Waals surface area contributed by atoms with E-state index in [0.29, 0.717) is 0 Å². The normalized spacial score (nSPS) is 15.0. The standard InChI is InChI=1S/C17H18N4OS.3C2HF3O2/c1-4-15(9-18-5-1)22-16-11-20(13-17-19-6-8-23-17)10-14-3-2-7-21(14)12-16;3*3-2(4,5)1(6)7/h1-9,16H,10-13H2;3*(H,6,7). The lowest BCUT2D eigenvalue weighted by Gasteiger charge is -2.23. The van der Waals surface area contributed by atoms with Gasteiger partial charge in [-0.2, -0.15) is 39.5 Å². The maximum Gasteiger partial charge on any atom is 0.490 e. The summed E-state index contributed by atoms with van der Waals surface area (Å²) in [6.07, 6.45) is -7.63. The number of carboxylic acids is 3. The fourth-order valence-electron chi connectivity index (χ4n) is 2.96. The van der Waals surface area contributed by atoms with Crippen LogP contribution in [0.5, 0.6) is 5.75 Å². The molecule has 0 saturated heterocycles. The first-order chi connectivity index (χ1) is 20.2. The lowest BCUT2D eigenvalue weighted by Crippen LogP contribution is -2.34. The van der Waals surface area contributed by atoms with Crippen LogP contribution >= 0.6 is 11.3 Å². The van der Waals surface area contributed by atoms with Crippen LogP contribution in [0.15, 0.2) is 54.4 Å². The Balaban J connectivity index is 0.000000379. The highest BCUT2D eigenvalue weighted by atomic mass is 32.1. The van der Waals surface area contributed by atoms with E-state index in [4.69, 9.17) is 34.4 Å². The second-order valence-electron chi connectivity index (χ2n) is 8.08. The molecule has 44 heavy (non-hydrogen) atoms. The molecule has 11 nitrogen and oxygen atoms in total. The van der Waals surface area contributed by atoms with Gasteiger partial charge >= 0.3 is 36.4 Å². The lowest BCUT2D eigenvalue weighted by molar-refractivity contribution is -0.193. The van der Waals surface area contributed by atoms with Crippen LogP contribution in [-0.2, 0) is 34.0 Å². The van der Waals surface area contributed by atoms with Crippen LogP contribution < -0.4 is 4.74 Å². The van der Waals surface area contributed by atoms with Gasteiger partial charge in [0.25, 0.3) is 0 Å². The molecule has 0 radical (unpaired) electrons. The highest BCUT2D eigenvalue weighted by molar-refractivity contribution is 7.09. The van der Waals surface area contributed by atoms with Gasteiger partial charge in [-0.15, -0.1) is 11.3 Å². The summed E-state index contributed by atoms with van der Waals surface area (Å²) < 4.78 is 104. The smallest absolute Gasteiger partial charge is 0.486 e. The molecule has 1 aliphatic rings. The van der Waals surface area contributed by atoms with Gasteiger partial charge in [-0.25, -0.2) is 19.4 Å². The number of aromatic nitrogens is 3. The molecule has 0 bridgehead atoms. The van der Waals surface area contributed by atoms with Gasteiger partial charge in [0, 0.05) is 42.8 Å². The highest BCUT2D eigenvalue weighted by Crippen LogP contribution is 2.20. The van der Waals surface area contributed by atoms with Gasteiger partial charge in [0.05, 0.1) is 19.3 Å². The molecular weight excluding hydrogens is 647 g/mol. The Hall–Kier alpha value is -4.40. The minimum atomic E-state index is -5.08. The Morgan fingerprint density at radius 3 is 1.84 bits per heavy atom. The van der Waals surface area contributed by atoms with Crippen molar-refractivity contribution in [2.24, 2.45) is 0 Å². The summed E-state index contributed by atoms with van der Waals surface area (Å²) in [5, 5.41) is 24.5. The molecule has 1 aliphatic heterocycles. The van der Waals surface area contributed by atoms with Crippen molar-refractivity contribution in [3.8, 4) is 5.75 Å².